The van der Waals surface area contributed by atoms with Gasteiger partial charge in [-0.3, -0.25) is 0 Å². The largest absolute Gasteiger partial charge is 0.369 e. The van der Waals surface area contributed by atoms with Crippen LogP contribution in [0.2, 0.25) is 0 Å². The Bertz CT molecular complexity index is 435. The van der Waals surface area contributed by atoms with E-state index < -0.39 is 0 Å². The van der Waals surface area contributed by atoms with Crippen molar-refractivity contribution < 1.29 is 0 Å². The molecular formula is C12H17N5. The molecular weight excluding hydrogens is 214 g/mol. The van der Waals surface area contributed by atoms with Gasteiger partial charge in [0.1, 0.15) is 18.0 Å². The highest BCUT2D eigenvalue weighted by molar-refractivity contribution is 5.62. The van der Waals surface area contributed by atoms with Crippen molar-refractivity contribution >= 4 is 11.6 Å². The summed E-state index contributed by atoms with van der Waals surface area (Å²) in [7, 11) is 0. The highest BCUT2D eigenvalue weighted by Crippen LogP contribution is 2.31. The lowest BCUT2D eigenvalue weighted by atomic mass is 10.2. The lowest BCUT2D eigenvalue weighted by molar-refractivity contribution is 0.463. The Labute approximate surface area is 101 Å². The second-order valence-electron chi connectivity index (χ2n) is 5.24. The van der Waals surface area contributed by atoms with Crippen LogP contribution in [0.3, 0.4) is 0 Å². The first kappa shape index (κ1) is 9.65. The Balaban J connectivity index is 1.69. The van der Waals surface area contributed by atoms with Gasteiger partial charge in [0.15, 0.2) is 0 Å². The highest BCUT2D eigenvalue weighted by Gasteiger charge is 2.34. The third kappa shape index (κ3) is 1.49. The molecule has 1 aromatic heterocycles. The fourth-order valence-corrected chi connectivity index (χ4v) is 3.33. The SMILES string of the molecule is c1nc2c(c(N3CC4CCC(C3)N4)n1)CCN2. The van der Waals surface area contributed by atoms with Gasteiger partial charge in [-0.15, -0.1) is 0 Å². The summed E-state index contributed by atoms with van der Waals surface area (Å²) in [4.78, 5) is 11.3. The first-order chi connectivity index (χ1) is 8.40. The van der Waals surface area contributed by atoms with E-state index in [1.165, 1.54) is 24.2 Å². The molecule has 0 spiro atoms. The van der Waals surface area contributed by atoms with Gasteiger partial charge in [-0.25, -0.2) is 9.97 Å². The predicted molar refractivity (Wildman–Crippen MR) is 66.4 cm³/mol. The normalized spacial score (nSPS) is 30.2. The first-order valence-corrected chi connectivity index (χ1v) is 6.49. The molecule has 2 N–H and O–H groups in total. The maximum atomic E-state index is 4.52. The van der Waals surface area contributed by atoms with Gasteiger partial charge in [0.2, 0.25) is 0 Å². The summed E-state index contributed by atoms with van der Waals surface area (Å²) in [5.74, 6) is 2.21. The van der Waals surface area contributed by atoms with Gasteiger partial charge >= 0.3 is 0 Å². The number of fused-ring (bicyclic) bond motifs is 3. The molecule has 3 aliphatic rings. The number of nitrogens with zero attached hydrogens (tertiary/aromatic N) is 3. The van der Waals surface area contributed by atoms with E-state index in [1.54, 1.807) is 6.33 Å². The van der Waals surface area contributed by atoms with Gasteiger partial charge in [-0.2, -0.15) is 0 Å². The summed E-state index contributed by atoms with van der Waals surface area (Å²) >= 11 is 0. The van der Waals surface area contributed by atoms with E-state index in [2.05, 4.69) is 25.5 Å². The zero-order chi connectivity index (χ0) is 11.2. The number of hydrogen-bond donors (Lipinski definition) is 2. The van der Waals surface area contributed by atoms with E-state index in [4.69, 9.17) is 0 Å². The molecule has 0 radical (unpaired) electrons. The summed E-state index contributed by atoms with van der Waals surface area (Å²) in [6.45, 7) is 3.19. The van der Waals surface area contributed by atoms with Crippen LogP contribution in [0.25, 0.3) is 0 Å². The van der Waals surface area contributed by atoms with Crippen LogP contribution in [0.4, 0.5) is 11.6 Å². The fraction of sp³-hybridized carbons (Fsp3) is 0.667. The molecule has 5 heteroatoms. The first-order valence-electron chi connectivity index (χ1n) is 6.49. The van der Waals surface area contributed by atoms with Crippen molar-refractivity contribution in [2.45, 2.75) is 31.3 Å². The molecule has 90 valence electrons. The summed E-state index contributed by atoms with van der Waals surface area (Å²) in [6, 6.07) is 1.32. The number of aromatic nitrogens is 2. The van der Waals surface area contributed by atoms with E-state index in [0.29, 0.717) is 12.1 Å². The van der Waals surface area contributed by atoms with Gasteiger partial charge < -0.3 is 15.5 Å². The van der Waals surface area contributed by atoms with E-state index >= 15 is 0 Å². The molecule has 1 aromatic rings. The smallest absolute Gasteiger partial charge is 0.137 e. The van der Waals surface area contributed by atoms with E-state index in [9.17, 15) is 0 Å². The quantitative estimate of drug-likeness (QED) is 0.732. The maximum absolute atomic E-state index is 4.52. The molecule has 5 nitrogen and oxygen atoms in total. The van der Waals surface area contributed by atoms with E-state index in [-0.39, 0.29) is 0 Å². The Morgan fingerprint density at radius 3 is 2.82 bits per heavy atom. The highest BCUT2D eigenvalue weighted by atomic mass is 15.3. The average Bonchev–Trinajstić information content (AvgIpc) is 2.95. The third-order valence-corrected chi connectivity index (χ3v) is 4.11. The van der Waals surface area contributed by atoms with Crippen molar-refractivity contribution in [2.24, 2.45) is 0 Å². The summed E-state index contributed by atoms with van der Waals surface area (Å²) in [5.41, 5.74) is 1.31. The molecule has 4 heterocycles. The van der Waals surface area contributed by atoms with Crippen molar-refractivity contribution in [1.82, 2.24) is 15.3 Å². The Morgan fingerprint density at radius 2 is 2.00 bits per heavy atom. The van der Waals surface area contributed by atoms with Crippen molar-refractivity contribution in [3.05, 3.63) is 11.9 Å². The van der Waals surface area contributed by atoms with Crippen molar-refractivity contribution in [2.75, 3.05) is 29.9 Å². The van der Waals surface area contributed by atoms with Gasteiger partial charge in [-0.05, 0) is 19.3 Å². The molecule has 0 aromatic carbocycles. The molecule has 3 aliphatic heterocycles. The van der Waals surface area contributed by atoms with Gasteiger partial charge in [0.25, 0.3) is 0 Å². The Morgan fingerprint density at radius 1 is 1.18 bits per heavy atom. The summed E-state index contributed by atoms with van der Waals surface area (Å²) in [5, 5.41) is 6.98. The van der Waals surface area contributed by atoms with E-state index in [0.717, 1.165) is 31.9 Å². The van der Waals surface area contributed by atoms with Crippen LogP contribution in [0.15, 0.2) is 6.33 Å². The van der Waals surface area contributed by atoms with Crippen LogP contribution >= 0.6 is 0 Å². The van der Waals surface area contributed by atoms with Gasteiger partial charge in [0.05, 0.1) is 0 Å². The number of anilines is 2. The second kappa shape index (κ2) is 3.57. The zero-order valence-corrected chi connectivity index (χ0v) is 9.82. The van der Waals surface area contributed by atoms with Gasteiger partial charge in [-0.1, -0.05) is 0 Å². The number of nitrogens with one attached hydrogen (secondary N) is 2. The lowest BCUT2D eigenvalue weighted by Crippen LogP contribution is -2.51. The minimum atomic E-state index is 0.661. The average molecular weight is 231 g/mol. The summed E-state index contributed by atoms with van der Waals surface area (Å²) < 4.78 is 0. The molecule has 2 atom stereocenters. The minimum absolute atomic E-state index is 0.661. The number of piperazine rings is 1. The Hall–Kier alpha value is -1.36. The van der Waals surface area contributed by atoms with Crippen LogP contribution in [-0.2, 0) is 6.42 Å². The number of hydrogen-bond acceptors (Lipinski definition) is 5. The third-order valence-electron chi connectivity index (χ3n) is 4.11. The second-order valence-corrected chi connectivity index (χ2v) is 5.24. The van der Waals surface area contributed by atoms with Crippen LogP contribution in [0.5, 0.6) is 0 Å². The topological polar surface area (TPSA) is 53.1 Å². The summed E-state index contributed by atoms with van der Waals surface area (Å²) in [6.07, 6.45) is 5.38. The monoisotopic (exact) mass is 231 g/mol. The Kier molecular flexibility index (Phi) is 2.02. The predicted octanol–water partition coefficient (Wildman–Crippen LogP) is 0.385. The van der Waals surface area contributed by atoms with E-state index in [1.807, 2.05) is 0 Å². The van der Waals surface area contributed by atoms with Crippen molar-refractivity contribution in [3.63, 3.8) is 0 Å². The van der Waals surface area contributed by atoms with Crippen LogP contribution in [0, 0.1) is 0 Å². The lowest BCUT2D eigenvalue weighted by Gasteiger charge is -2.34. The van der Waals surface area contributed by atoms with Crippen LogP contribution < -0.4 is 15.5 Å². The van der Waals surface area contributed by atoms with Crippen molar-refractivity contribution in [3.8, 4) is 0 Å². The molecule has 0 aliphatic carbocycles. The standard InChI is InChI=1S/C12H17N5/c1-2-9-6-17(5-8(1)16-9)12-10-3-4-13-11(10)14-7-15-12/h7-9,16H,1-6H2,(H,13,14,15). The molecule has 0 amide bonds. The zero-order valence-electron chi connectivity index (χ0n) is 9.82. The van der Waals surface area contributed by atoms with Crippen LogP contribution in [-0.4, -0.2) is 41.7 Å². The molecule has 17 heavy (non-hydrogen) atoms. The van der Waals surface area contributed by atoms with Crippen molar-refractivity contribution in [1.29, 1.82) is 0 Å². The molecule has 2 bridgehead atoms. The molecule has 2 saturated heterocycles. The molecule has 0 saturated carbocycles. The minimum Gasteiger partial charge on any atom is -0.369 e. The molecule has 2 unspecified atom stereocenters. The molecule has 4 rings (SSSR count). The number of rotatable bonds is 1. The molecule has 2 fully saturated rings. The van der Waals surface area contributed by atoms with Gasteiger partial charge in [0, 0.05) is 37.3 Å². The fourth-order valence-electron chi connectivity index (χ4n) is 3.33. The van der Waals surface area contributed by atoms with Crippen LogP contribution in [0.1, 0.15) is 18.4 Å². The maximum Gasteiger partial charge on any atom is 0.137 e.